The van der Waals surface area contributed by atoms with E-state index in [4.69, 9.17) is 9.97 Å². The van der Waals surface area contributed by atoms with E-state index in [-0.39, 0.29) is 5.41 Å². The van der Waals surface area contributed by atoms with E-state index >= 15 is 0 Å². The lowest BCUT2D eigenvalue weighted by Gasteiger charge is -2.29. The number of aromatic nitrogens is 2. The molecule has 21 heavy (non-hydrogen) atoms. The molecule has 0 unspecified atom stereocenters. The Kier molecular flexibility index (Phi) is 5.49. The van der Waals surface area contributed by atoms with Gasteiger partial charge in [-0.3, -0.25) is 0 Å². The van der Waals surface area contributed by atoms with Crippen molar-refractivity contribution < 1.29 is 0 Å². The van der Waals surface area contributed by atoms with E-state index in [9.17, 15) is 0 Å². The van der Waals surface area contributed by atoms with E-state index in [1.165, 1.54) is 37.8 Å². The molecule has 0 amide bonds. The molecule has 0 aliphatic heterocycles. The first-order chi connectivity index (χ1) is 9.86. The molecule has 1 saturated carbocycles. The summed E-state index contributed by atoms with van der Waals surface area (Å²) in [6.45, 7) is 9.00. The zero-order valence-electron chi connectivity index (χ0n) is 14.0. The molecule has 0 aromatic carbocycles. The van der Waals surface area contributed by atoms with Gasteiger partial charge in [-0.15, -0.1) is 0 Å². The second kappa shape index (κ2) is 6.80. The second-order valence-electron chi connectivity index (χ2n) is 7.22. The fourth-order valence-corrected chi connectivity index (χ4v) is 4.46. The number of hydrogen-bond donors (Lipinski definition) is 1. The molecule has 1 aliphatic carbocycles. The molecule has 1 fully saturated rings. The van der Waals surface area contributed by atoms with Gasteiger partial charge in [0.15, 0.2) is 0 Å². The summed E-state index contributed by atoms with van der Waals surface area (Å²) in [7, 11) is 1.95. The topological polar surface area (TPSA) is 37.8 Å². The predicted molar refractivity (Wildman–Crippen MR) is 98.0 cm³/mol. The molecule has 2 rings (SSSR count). The molecule has 1 heterocycles. The van der Waals surface area contributed by atoms with Crippen LogP contribution in [-0.4, -0.2) is 17.0 Å². The van der Waals surface area contributed by atoms with Crippen molar-refractivity contribution in [3.8, 4) is 0 Å². The molecule has 1 N–H and O–H groups in total. The molecule has 0 radical (unpaired) electrons. The van der Waals surface area contributed by atoms with Crippen LogP contribution in [0.25, 0.3) is 0 Å². The number of halogens is 1. The first kappa shape index (κ1) is 17.0. The van der Waals surface area contributed by atoms with E-state index < -0.39 is 0 Å². The van der Waals surface area contributed by atoms with E-state index in [0.29, 0.717) is 5.92 Å². The summed E-state index contributed by atoms with van der Waals surface area (Å²) < 4.78 is 1.16. The third kappa shape index (κ3) is 3.88. The van der Waals surface area contributed by atoms with E-state index in [0.717, 1.165) is 21.1 Å². The second-order valence-corrected chi connectivity index (χ2v) is 8.30. The van der Waals surface area contributed by atoms with Gasteiger partial charge in [-0.25, -0.2) is 9.97 Å². The third-order valence-corrected chi connectivity index (χ3v) is 5.63. The molecular formula is C17H28IN3. The lowest BCUT2D eigenvalue weighted by atomic mass is 9.80. The highest BCUT2D eigenvalue weighted by Gasteiger charge is 2.28. The van der Waals surface area contributed by atoms with Crippen molar-refractivity contribution in [2.24, 2.45) is 5.92 Å². The summed E-state index contributed by atoms with van der Waals surface area (Å²) in [6, 6.07) is 0. The molecule has 1 aromatic heterocycles. The van der Waals surface area contributed by atoms with Crippen LogP contribution in [0.15, 0.2) is 0 Å². The minimum Gasteiger partial charge on any atom is -0.372 e. The minimum absolute atomic E-state index is 0.0560. The Bertz CT molecular complexity index is 486. The van der Waals surface area contributed by atoms with Gasteiger partial charge in [-0.1, -0.05) is 34.1 Å². The molecule has 0 saturated heterocycles. The van der Waals surface area contributed by atoms with Gasteiger partial charge in [0.1, 0.15) is 11.6 Å². The van der Waals surface area contributed by atoms with Crippen LogP contribution in [0.4, 0.5) is 5.82 Å². The minimum atomic E-state index is 0.0560. The van der Waals surface area contributed by atoms with E-state index in [1.807, 2.05) is 7.05 Å². The maximum Gasteiger partial charge on any atom is 0.143 e. The molecule has 118 valence electrons. The molecular weight excluding hydrogens is 373 g/mol. The maximum absolute atomic E-state index is 4.97. The van der Waals surface area contributed by atoms with Gasteiger partial charge >= 0.3 is 0 Å². The van der Waals surface area contributed by atoms with Crippen molar-refractivity contribution in [1.29, 1.82) is 0 Å². The first-order valence-corrected chi connectivity index (χ1v) is 9.20. The summed E-state index contributed by atoms with van der Waals surface area (Å²) in [5.41, 5.74) is 1.23. The Hall–Kier alpha value is -0.390. The van der Waals surface area contributed by atoms with E-state index in [2.05, 4.69) is 55.6 Å². The number of nitrogens with zero attached hydrogens (tertiary/aromatic N) is 2. The number of hydrogen-bond acceptors (Lipinski definition) is 3. The van der Waals surface area contributed by atoms with Crippen molar-refractivity contribution in [1.82, 2.24) is 9.97 Å². The van der Waals surface area contributed by atoms with Gasteiger partial charge in [0.05, 0.1) is 9.26 Å². The zero-order chi connectivity index (χ0) is 15.6. The Morgan fingerprint density at radius 3 is 2.24 bits per heavy atom. The van der Waals surface area contributed by atoms with Crippen molar-refractivity contribution >= 4 is 28.4 Å². The summed E-state index contributed by atoms with van der Waals surface area (Å²) >= 11 is 2.38. The largest absolute Gasteiger partial charge is 0.372 e. The van der Waals surface area contributed by atoms with Crippen LogP contribution in [0.2, 0.25) is 0 Å². The average molecular weight is 401 g/mol. The fourth-order valence-electron chi connectivity index (χ4n) is 3.14. The Balaban J connectivity index is 2.32. The monoisotopic (exact) mass is 401 g/mol. The Morgan fingerprint density at radius 1 is 1.14 bits per heavy atom. The van der Waals surface area contributed by atoms with Crippen LogP contribution in [0.3, 0.4) is 0 Å². The Morgan fingerprint density at radius 2 is 1.76 bits per heavy atom. The fraction of sp³-hybridized carbons (Fsp3) is 0.765. The molecule has 1 aliphatic rings. The van der Waals surface area contributed by atoms with Gasteiger partial charge in [0.25, 0.3) is 0 Å². The summed E-state index contributed by atoms with van der Waals surface area (Å²) in [5.74, 6) is 3.50. The van der Waals surface area contributed by atoms with Gasteiger partial charge in [0.2, 0.25) is 0 Å². The van der Waals surface area contributed by atoms with Crippen molar-refractivity contribution in [3.63, 3.8) is 0 Å². The highest BCUT2D eigenvalue weighted by molar-refractivity contribution is 14.1. The highest BCUT2D eigenvalue weighted by Crippen LogP contribution is 2.38. The molecule has 1 aromatic rings. The van der Waals surface area contributed by atoms with E-state index in [1.54, 1.807) is 0 Å². The molecule has 0 atom stereocenters. The van der Waals surface area contributed by atoms with Crippen LogP contribution >= 0.6 is 22.6 Å². The van der Waals surface area contributed by atoms with Crippen LogP contribution < -0.4 is 5.32 Å². The normalized spacial score (nSPS) is 23.1. The number of anilines is 1. The van der Waals surface area contributed by atoms with Gasteiger partial charge in [-0.2, -0.15) is 0 Å². The average Bonchev–Trinajstić information content (AvgIpc) is 2.46. The highest BCUT2D eigenvalue weighted by atomic mass is 127. The standard InChI is InChI=1S/C17H28IN3/c1-6-11-7-9-12(10-8-11)15-20-14(17(2,3)4)13(18)16(19-5)21-15/h11-12H,6-10H2,1-5H3,(H,19,20,21). The van der Waals surface area contributed by atoms with Crippen molar-refractivity contribution in [2.45, 2.75) is 71.1 Å². The SMILES string of the molecule is CCC1CCC(c2nc(NC)c(I)c(C(C)(C)C)n2)CC1. The lowest BCUT2D eigenvalue weighted by molar-refractivity contribution is 0.311. The van der Waals surface area contributed by atoms with Gasteiger partial charge in [-0.05, 0) is 54.2 Å². The van der Waals surface area contributed by atoms with Crippen LogP contribution in [0, 0.1) is 9.49 Å². The van der Waals surface area contributed by atoms with Crippen molar-refractivity contribution in [3.05, 3.63) is 15.1 Å². The molecule has 0 spiro atoms. The van der Waals surface area contributed by atoms with Gasteiger partial charge < -0.3 is 5.32 Å². The first-order valence-electron chi connectivity index (χ1n) is 8.12. The summed E-state index contributed by atoms with van der Waals surface area (Å²) in [5, 5.41) is 3.25. The van der Waals surface area contributed by atoms with Crippen LogP contribution in [0.5, 0.6) is 0 Å². The number of nitrogens with one attached hydrogen (secondary N) is 1. The van der Waals surface area contributed by atoms with Crippen LogP contribution in [-0.2, 0) is 5.41 Å². The summed E-state index contributed by atoms with van der Waals surface area (Å²) in [4.78, 5) is 9.78. The molecule has 3 nitrogen and oxygen atoms in total. The molecule has 4 heteroatoms. The van der Waals surface area contributed by atoms with Crippen molar-refractivity contribution in [2.75, 3.05) is 12.4 Å². The lowest BCUT2D eigenvalue weighted by Crippen LogP contribution is -2.22. The predicted octanol–water partition coefficient (Wildman–Crippen LogP) is 5.10. The van der Waals surface area contributed by atoms with Crippen LogP contribution in [0.1, 0.15) is 77.2 Å². The zero-order valence-corrected chi connectivity index (χ0v) is 16.1. The third-order valence-electron chi connectivity index (χ3n) is 4.60. The summed E-state index contributed by atoms with van der Waals surface area (Å²) in [6.07, 6.45) is 6.46. The maximum atomic E-state index is 4.97. The quantitative estimate of drug-likeness (QED) is 0.716. The Labute approximate surface area is 142 Å². The van der Waals surface area contributed by atoms with Gasteiger partial charge in [0, 0.05) is 18.4 Å². The molecule has 0 bridgehead atoms. The smallest absolute Gasteiger partial charge is 0.143 e. The number of rotatable bonds is 3.